The number of piperidine rings is 1. The quantitative estimate of drug-likeness (QED) is 0.833. The molecule has 1 aliphatic heterocycles. The predicted molar refractivity (Wildman–Crippen MR) is 109 cm³/mol. The van der Waals surface area contributed by atoms with E-state index in [1.54, 1.807) is 4.68 Å². The minimum Gasteiger partial charge on any atom is -0.308 e. The molecular weight excluding hydrogens is 352 g/mol. The molecule has 0 unspecified atom stereocenters. The molecule has 3 rings (SSSR count). The molecule has 1 aromatic heterocycles. The topological polar surface area (TPSA) is 77.2 Å². The summed E-state index contributed by atoms with van der Waals surface area (Å²) in [6.45, 7) is 6.86. The van der Waals surface area contributed by atoms with Crippen molar-refractivity contribution in [1.82, 2.24) is 19.6 Å². The van der Waals surface area contributed by atoms with Crippen molar-refractivity contribution in [2.75, 3.05) is 32.0 Å². The van der Waals surface area contributed by atoms with Gasteiger partial charge in [-0.2, -0.15) is 10.4 Å². The van der Waals surface area contributed by atoms with Crippen LogP contribution in [-0.2, 0) is 4.79 Å². The molecule has 1 aromatic carbocycles. The van der Waals surface area contributed by atoms with Crippen LogP contribution in [0.25, 0.3) is 5.69 Å². The molecule has 1 N–H and O–H groups in total. The number of nitriles is 1. The number of aromatic nitrogens is 2. The smallest absolute Gasteiger partial charge is 0.239 e. The summed E-state index contributed by atoms with van der Waals surface area (Å²) < 4.78 is 1.59. The summed E-state index contributed by atoms with van der Waals surface area (Å²) in [5.74, 6) is 0.282. The number of hydrogen-bond acceptors (Lipinski definition) is 5. The second-order valence-corrected chi connectivity index (χ2v) is 7.59. The molecule has 0 aliphatic carbocycles. The average Bonchev–Trinajstić information content (AvgIpc) is 3.11. The van der Waals surface area contributed by atoms with Crippen LogP contribution in [0, 0.1) is 11.3 Å². The highest BCUT2D eigenvalue weighted by Gasteiger charge is 2.25. The van der Waals surface area contributed by atoms with E-state index in [2.05, 4.69) is 40.1 Å². The van der Waals surface area contributed by atoms with Crippen molar-refractivity contribution in [3.8, 4) is 11.8 Å². The van der Waals surface area contributed by atoms with Crippen LogP contribution in [0.2, 0.25) is 0 Å². The summed E-state index contributed by atoms with van der Waals surface area (Å²) in [5, 5.41) is 16.5. The highest BCUT2D eigenvalue weighted by Crippen LogP contribution is 2.20. The Morgan fingerprint density at radius 1 is 1.32 bits per heavy atom. The Labute approximate surface area is 166 Å². The van der Waals surface area contributed by atoms with E-state index >= 15 is 0 Å². The molecule has 1 fully saturated rings. The van der Waals surface area contributed by atoms with Gasteiger partial charge >= 0.3 is 0 Å². The number of carbonyl (C=O) groups excluding carboxylic acids is 1. The number of amides is 1. The van der Waals surface area contributed by atoms with Gasteiger partial charge in [0.25, 0.3) is 0 Å². The number of nitrogens with zero attached hydrogens (tertiary/aromatic N) is 5. The van der Waals surface area contributed by atoms with Crippen molar-refractivity contribution in [3.05, 3.63) is 42.1 Å². The predicted octanol–water partition coefficient (Wildman–Crippen LogP) is 2.49. The van der Waals surface area contributed by atoms with Gasteiger partial charge in [0.05, 0.1) is 18.4 Å². The van der Waals surface area contributed by atoms with Gasteiger partial charge in [0.2, 0.25) is 5.91 Å². The van der Waals surface area contributed by atoms with Crippen LogP contribution in [0.4, 0.5) is 5.82 Å². The first-order valence-corrected chi connectivity index (χ1v) is 9.77. The molecular formula is C21H28N6O. The van der Waals surface area contributed by atoms with Gasteiger partial charge in [0.1, 0.15) is 11.6 Å². The molecule has 1 aliphatic rings. The van der Waals surface area contributed by atoms with Crippen molar-refractivity contribution in [3.63, 3.8) is 0 Å². The maximum absolute atomic E-state index is 12.7. The minimum atomic E-state index is -0.136. The van der Waals surface area contributed by atoms with Gasteiger partial charge in [-0.3, -0.25) is 9.69 Å². The minimum absolute atomic E-state index is 0.136. The number of hydrogen-bond donors (Lipinski definition) is 1. The van der Waals surface area contributed by atoms with Crippen LogP contribution in [0.1, 0.15) is 32.3 Å². The number of benzene rings is 1. The SMILES string of the molecule is CC(C)N1CCC(N(C)CC(=O)Nc2c(C#N)cnn2-c2ccccc2)CC1. The van der Waals surface area contributed by atoms with Crippen LogP contribution in [0.15, 0.2) is 36.5 Å². The largest absolute Gasteiger partial charge is 0.308 e. The third kappa shape index (κ3) is 4.58. The number of nitrogens with one attached hydrogen (secondary N) is 1. The van der Waals surface area contributed by atoms with Gasteiger partial charge in [-0.25, -0.2) is 4.68 Å². The molecule has 7 heteroatoms. The second kappa shape index (κ2) is 9.00. The maximum atomic E-state index is 12.7. The molecule has 0 spiro atoms. The molecule has 7 nitrogen and oxygen atoms in total. The fraction of sp³-hybridized carbons (Fsp3) is 0.476. The third-order valence-corrected chi connectivity index (χ3v) is 5.39. The summed E-state index contributed by atoms with van der Waals surface area (Å²) in [7, 11) is 2.00. The maximum Gasteiger partial charge on any atom is 0.239 e. The molecule has 0 bridgehead atoms. The monoisotopic (exact) mass is 380 g/mol. The van der Waals surface area contributed by atoms with Crippen LogP contribution in [0.5, 0.6) is 0 Å². The van der Waals surface area contributed by atoms with Crippen LogP contribution in [-0.4, -0.2) is 64.3 Å². The van der Waals surface area contributed by atoms with E-state index in [4.69, 9.17) is 0 Å². The highest BCUT2D eigenvalue weighted by molar-refractivity contribution is 5.92. The van der Waals surface area contributed by atoms with E-state index in [-0.39, 0.29) is 12.5 Å². The molecule has 0 saturated carbocycles. The zero-order valence-corrected chi connectivity index (χ0v) is 16.8. The summed E-state index contributed by atoms with van der Waals surface area (Å²) in [4.78, 5) is 17.3. The lowest BCUT2D eigenvalue weighted by molar-refractivity contribution is -0.117. The lowest BCUT2D eigenvalue weighted by Gasteiger charge is -2.38. The van der Waals surface area contributed by atoms with Gasteiger partial charge in [-0.05, 0) is 59.0 Å². The zero-order valence-electron chi connectivity index (χ0n) is 16.8. The average molecular weight is 380 g/mol. The molecule has 0 atom stereocenters. The molecule has 1 saturated heterocycles. The van der Waals surface area contributed by atoms with E-state index < -0.39 is 0 Å². The number of likely N-dealkylation sites (N-methyl/N-ethyl adjacent to an activating group) is 1. The summed E-state index contributed by atoms with van der Waals surface area (Å²) in [5.41, 5.74) is 1.15. The van der Waals surface area contributed by atoms with E-state index in [1.807, 2.05) is 37.4 Å². The number of carbonyl (C=O) groups is 1. The number of likely N-dealkylation sites (tertiary alicyclic amines) is 1. The first-order chi connectivity index (χ1) is 13.5. The molecule has 2 aromatic rings. The lowest BCUT2D eigenvalue weighted by atomic mass is 10.0. The lowest BCUT2D eigenvalue weighted by Crippen LogP contribution is -2.47. The normalized spacial score (nSPS) is 15.7. The van der Waals surface area contributed by atoms with Gasteiger partial charge < -0.3 is 10.2 Å². The molecule has 148 valence electrons. The number of para-hydroxylation sites is 1. The zero-order chi connectivity index (χ0) is 20.1. The van der Waals surface area contributed by atoms with E-state index in [0.717, 1.165) is 31.6 Å². The first-order valence-electron chi connectivity index (χ1n) is 9.77. The standard InChI is InChI=1S/C21H28N6O/c1-16(2)26-11-9-18(10-12-26)25(3)15-20(28)24-21-17(13-22)14-23-27(21)19-7-5-4-6-8-19/h4-8,14,16,18H,9-12,15H2,1-3H3,(H,24,28). The number of anilines is 1. The molecule has 2 heterocycles. The first kappa shape index (κ1) is 20.1. The molecule has 0 radical (unpaired) electrons. The van der Waals surface area contributed by atoms with E-state index in [0.29, 0.717) is 23.5 Å². The molecule has 28 heavy (non-hydrogen) atoms. The fourth-order valence-electron chi connectivity index (χ4n) is 3.69. The van der Waals surface area contributed by atoms with Crippen molar-refractivity contribution in [2.24, 2.45) is 0 Å². The van der Waals surface area contributed by atoms with Crippen molar-refractivity contribution >= 4 is 11.7 Å². The van der Waals surface area contributed by atoms with Crippen LogP contribution >= 0.6 is 0 Å². The Kier molecular flexibility index (Phi) is 6.45. The summed E-state index contributed by atoms with van der Waals surface area (Å²) in [6, 6.07) is 12.5. The van der Waals surface area contributed by atoms with Crippen LogP contribution in [0.3, 0.4) is 0 Å². The number of rotatable bonds is 6. The third-order valence-electron chi connectivity index (χ3n) is 5.39. The highest BCUT2D eigenvalue weighted by atomic mass is 16.2. The Bertz CT molecular complexity index is 830. The molecule has 1 amide bonds. The van der Waals surface area contributed by atoms with Gasteiger partial charge in [0, 0.05) is 12.1 Å². The van der Waals surface area contributed by atoms with Gasteiger partial charge in [-0.1, -0.05) is 18.2 Å². The second-order valence-electron chi connectivity index (χ2n) is 7.59. The van der Waals surface area contributed by atoms with E-state index in [1.165, 1.54) is 6.20 Å². The van der Waals surface area contributed by atoms with Crippen LogP contribution < -0.4 is 5.32 Å². The van der Waals surface area contributed by atoms with Crippen molar-refractivity contribution in [2.45, 2.75) is 38.8 Å². The fourth-order valence-corrected chi connectivity index (χ4v) is 3.69. The van der Waals surface area contributed by atoms with E-state index in [9.17, 15) is 10.1 Å². The summed E-state index contributed by atoms with van der Waals surface area (Å²) in [6.07, 6.45) is 3.61. The summed E-state index contributed by atoms with van der Waals surface area (Å²) >= 11 is 0. The van der Waals surface area contributed by atoms with Gasteiger partial charge in [-0.15, -0.1) is 0 Å². The van der Waals surface area contributed by atoms with Gasteiger partial charge in [0.15, 0.2) is 5.82 Å². The Balaban J connectivity index is 1.64. The Hall–Kier alpha value is -2.69. The Morgan fingerprint density at radius 3 is 2.61 bits per heavy atom. The van der Waals surface area contributed by atoms with Crippen molar-refractivity contribution < 1.29 is 4.79 Å². The Morgan fingerprint density at radius 2 is 2.00 bits per heavy atom. The van der Waals surface area contributed by atoms with Crippen molar-refractivity contribution in [1.29, 1.82) is 5.26 Å².